The minimum absolute atomic E-state index is 0.162. The van der Waals surface area contributed by atoms with Crippen LogP contribution in [0.2, 0.25) is 0 Å². The van der Waals surface area contributed by atoms with Crippen LogP contribution in [0.5, 0.6) is 11.5 Å². The van der Waals surface area contributed by atoms with Crippen LogP contribution in [-0.4, -0.2) is 25.0 Å². The lowest BCUT2D eigenvalue weighted by Crippen LogP contribution is -2.45. The summed E-state index contributed by atoms with van der Waals surface area (Å²) in [4.78, 5) is 23.7. The molecular formula is C22H24N2O4. The second-order valence-corrected chi connectivity index (χ2v) is 7.24. The van der Waals surface area contributed by atoms with Gasteiger partial charge in [0.2, 0.25) is 0 Å². The van der Waals surface area contributed by atoms with Crippen molar-refractivity contribution in [3.8, 4) is 11.5 Å². The van der Waals surface area contributed by atoms with E-state index in [1.165, 1.54) is 35.1 Å². The Morgan fingerprint density at radius 1 is 0.679 bits per heavy atom. The van der Waals surface area contributed by atoms with E-state index in [9.17, 15) is 9.59 Å². The first-order valence-corrected chi connectivity index (χ1v) is 9.74. The summed E-state index contributed by atoms with van der Waals surface area (Å²) in [5, 5.41) is 0. The lowest BCUT2D eigenvalue weighted by Gasteiger charge is -2.11. The molecule has 2 amide bonds. The molecule has 6 heteroatoms. The largest absolute Gasteiger partial charge is 0.484 e. The normalized spacial score (nSPS) is 14.1. The van der Waals surface area contributed by atoms with E-state index in [-0.39, 0.29) is 13.2 Å². The molecule has 0 radical (unpaired) electrons. The molecule has 0 fully saturated rings. The van der Waals surface area contributed by atoms with Crippen LogP contribution < -0.4 is 20.3 Å². The quantitative estimate of drug-likeness (QED) is 0.754. The van der Waals surface area contributed by atoms with Crippen LogP contribution in [0.25, 0.3) is 0 Å². The number of hydrogen-bond donors (Lipinski definition) is 2. The Morgan fingerprint density at radius 2 is 1.11 bits per heavy atom. The van der Waals surface area contributed by atoms with E-state index >= 15 is 0 Å². The number of nitrogens with one attached hydrogen (secondary N) is 2. The van der Waals surface area contributed by atoms with E-state index in [4.69, 9.17) is 9.47 Å². The Kier molecular flexibility index (Phi) is 5.46. The van der Waals surface area contributed by atoms with Crippen LogP contribution in [-0.2, 0) is 35.3 Å². The Bertz CT molecular complexity index is 821. The van der Waals surface area contributed by atoms with Crippen LogP contribution >= 0.6 is 0 Å². The molecule has 2 aliphatic rings. The van der Waals surface area contributed by atoms with Crippen molar-refractivity contribution in [2.45, 2.75) is 38.5 Å². The van der Waals surface area contributed by atoms with Crippen molar-refractivity contribution in [3.63, 3.8) is 0 Å². The Balaban J connectivity index is 1.17. The summed E-state index contributed by atoms with van der Waals surface area (Å²) in [6.07, 6.45) is 6.65. The SMILES string of the molecule is O=C(COc1ccc2c(c1)CCC2)NNC(=O)COc1ccc2c(c1)CCC2. The minimum Gasteiger partial charge on any atom is -0.484 e. The first-order valence-electron chi connectivity index (χ1n) is 9.74. The summed E-state index contributed by atoms with van der Waals surface area (Å²) in [5.41, 5.74) is 9.96. The summed E-state index contributed by atoms with van der Waals surface area (Å²) in [7, 11) is 0. The van der Waals surface area contributed by atoms with Gasteiger partial charge in [-0.1, -0.05) is 12.1 Å². The van der Waals surface area contributed by atoms with Crippen LogP contribution in [0.4, 0.5) is 0 Å². The third-order valence-electron chi connectivity index (χ3n) is 5.22. The van der Waals surface area contributed by atoms with E-state index in [2.05, 4.69) is 10.9 Å². The average molecular weight is 380 g/mol. The number of benzene rings is 2. The molecule has 4 rings (SSSR count). The summed E-state index contributed by atoms with van der Waals surface area (Å²) in [6.45, 7) is -0.324. The van der Waals surface area contributed by atoms with Gasteiger partial charge < -0.3 is 9.47 Å². The van der Waals surface area contributed by atoms with Crippen LogP contribution in [0.3, 0.4) is 0 Å². The summed E-state index contributed by atoms with van der Waals surface area (Å²) >= 11 is 0. The predicted octanol–water partition coefficient (Wildman–Crippen LogP) is 2.27. The number of carbonyl (C=O) groups is 2. The molecule has 2 aromatic rings. The monoisotopic (exact) mass is 380 g/mol. The fraction of sp³-hybridized carbons (Fsp3) is 0.364. The van der Waals surface area contributed by atoms with Gasteiger partial charge in [0, 0.05) is 0 Å². The fourth-order valence-corrected chi connectivity index (χ4v) is 3.79. The van der Waals surface area contributed by atoms with Gasteiger partial charge in [-0.15, -0.1) is 0 Å². The van der Waals surface area contributed by atoms with E-state index in [0.29, 0.717) is 11.5 Å². The minimum atomic E-state index is -0.425. The van der Waals surface area contributed by atoms with Crippen LogP contribution in [0.15, 0.2) is 36.4 Å². The van der Waals surface area contributed by atoms with Crippen LogP contribution in [0.1, 0.15) is 35.1 Å². The molecule has 0 bridgehead atoms. The van der Waals surface area contributed by atoms with Crippen molar-refractivity contribution in [1.82, 2.24) is 10.9 Å². The highest BCUT2D eigenvalue weighted by Gasteiger charge is 2.13. The van der Waals surface area contributed by atoms with E-state index in [1.54, 1.807) is 0 Å². The molecule has 0 unspecified atom stereocenters. The molecule has 28 heavy (non-hydrogen) atoms. The zero-order valence-corrected chi connectivity index (χ0v) is 15.8. The third kappa shape index (κ3) is 4.44. The zero-order chi connectivity index (χ0) is 19.3. The molecule has 2 N–H and O–H groups in total. The average Bonchev–Trinajstić information content (AvgIpc) is 3.37. The second kappa shape index (κ2) is 8.33. The number of amides is 2. The molecule has 0 spiro atoms. The topological polar surface area (TPSA) is 76.7 Å². The van der Waals surface area contributed by atoms with Gasteiger partial charge in [-0.2, -0.15) is 0 Å². The molecule has 0 heterocycles. The summed E-state index contributed by atoms with van der Waals surface area (Å²) in [5.74, 6) is 0.488. The maximum absolute atomic E-state index is 11.9. The van der Waals surface area contributed by atoms with Gasteiger partial charge in [0.1, 0.15) is 11.5 Å². The van der Waals surface area contributed by atoms with Gasteiger partial charge >= 0.3 is 0 Å². The van der Waals surface area contributed by atoms with Crippen molar-refractivity contribution >= 4 is 11.8 Å². The van der Waals surface area contributed by atoms with E-state index in [0.717, 1.165) is 25.7 Å². The van der Waals surface area contributed by atoms with Crippen LogP contribution in [0, 0.1) is 0 Å². The maximum Gasteiger partial charge on any atom is 0.276 e. The molecule has 0 atom stereocenters. The lowest BCUT2D eigenvalue weighted by molar-refractivity contribution is -0.131. The van der Waals surface area contributed by atoms with Crippen molar-refractivity contribution in [2.75, 3.05) is 13.2 Å². The number of carbonyl (C=O) groups excluding carboxylic acids is 2. The van der Waals surface area contributed by atoms with Crippen molar-refractivity contribution in [2.24, 2.45) is 0 Å². The van der Waals surface area contributed by atoms with Gasteiger partial charge in [-0.25, -0.2) is 0 Å². The maximum atomic E-state index is 11.9. The first-order chi connectivity index (χ1) is 13.7. The van der Waals surface area contributed by atoms with Crippen molar-refractivity contribution < 1.29 is 19.1 Å². The lowest BCUT2D eigenvalue weighted by atomic mass is 10.1. The Hall–Kier alpha value is -3.02. The number of fused-ring (bicyclic) bond motifs is 2. The Morgan fingerprint density at radius 3 is 1.57 bits per heavy atom. The summed E-state index contributed by atoms with van der Waals surface area (Å²) in [6, 6.07) is 11.8. The van der Waals surface area contributed by atoms with Gasteiger partial charge in [0.25, 0.3) is 11.8 Å². The smallest absolute Gasteiger partial charge is 0.276 e. The molecule has 2 aliphatic carbocycles. The number of rotatable bonds is 6. The van der Waals surface area contributed by atoms with Gasteiger partial charge in [-0.05, 0) is 85.0 Å². The molecule has 0 aliphatic heterocycles. The van der Waals surface area contributed by atoms with Gasteiger partial charge in [0.15, 0.2) is 13.2 Å². The molecule has 2 aromatic carbocycles. The Labute approximate surface area is 164 Å². The predicted molar refractivity (Wildman–Crippen MR) is 104 cm³/mol. The zero-order valence-electron chi connectivity index (χ0n) is 15.8. The third-order valence-corrected chi connectivity index (χ3v) is 5.22. The molecule has 0 saturated heterocycles. The molecule has 6 nitrogen and oxygen atoms in total. The fourth-order valence-electron chi connectivity index (χ4n) is 3.79. The molecular weight excluding hydrogens is 356 g/mol. The molecule has 0 aromatic heterocycles. The highest BCUT2D eigenvalue weighted by atomic mass is 16.5. The number of hydrogen-bond acceptors (Lipinski definition) is 4. The molecule has 0 saturated carbocycles. The first kappa shape index (κ1) is 18.3. The van der Waals surface area contributed by atoms with Crippen molar-refractivity contribution in [3.05, 3.63) is 58.7 Å². The van der Waals surface area contributed by atoms with E-state index < -0.39 is 11.8 Å². The van der Waals surface area contributed by atoms with Gasteiger partial charge in [-0.3, -0.25) is 20.4 Å². The number of aryl methyl sites for hydroxylation is 4. The van der Waals surface area contributed by atoms with E-state index in [1.807, 2.05) is 36.4 Å². The number of hydrazine groups is 1. The highest BCUT2D eigenvalue weighted by molar-refractivity contribution is 5.83. The van der Waals surface area contributed by atoms with Crippen molar-refractivity contribution in [1.29, 1.82) is 0 Å². The highest BCUT2D eigenvalue weighted by Crippen LogP contribution is 2.26. The molecule has 146 valence electrons. The second-order valence-electron chi connectivity index (χ2n) is 7.24. The summed E-state index contributed by atoms with van der Waals surface area (Å²) < 4.78 is 11.0. The van der Waals surface area contributed by atoms with Gasteiger partial charge in [0.05, 0.1) is 0 Å². The number of ether oxygens (including phenoxy) is 2. The standard InChI is InChI=1S/C22H24N2O4/c25-21(13-27-19-9-7-15-3-1-5-17(15)11-19)23-24-22(26)14-28-20-10-8-16-4-2-6-18(16)12-20/h7-12H,1-6,13-14H2,(H,23,25)(H,24,26).